The number of esters is 1. The third kappa shape index (κ3) is 4.42. The zero-order valence-corrected chi connectivity index (χ0v) is 17.4. The van der Waals surface area contributed by atoms with E-state index in [0.29, 0.717) is 21.4 Å². The van der Waals surface area contributed by atoms with Crippen LogP contribution in [0, 0.1) is 0 Å². The highest BCUT2D eigenvalue weighted by Crippen LogP contribution is 2.29. The van der Waals surface area contributed by atoms with Gasteiger partial charge >= 0.3 is 5.97 Å². The first kappa shape index (κ1) is 19.9. The summed E-state index contributed by atoms with van der Waals surface area (Å²) in [5, 5.41) is 7.65. The van der Waals surface area contributed by atoms with Gasteiger partial charge in [-0.1, -0.05) is 17.7 Å². The molecule has 0 aliphatic rings. The van der Waals surface area contributed by atoms with Gasteiger partial charge in [-0.25, -0.2) is 4.79 Å². The fourth-order valence-electron chi connectivity index (χ4n) is 2.79. The molecule has 4 rings (SSSR count). The minimum atomic E-state index is -0.420. The molecule has 0 unspecified atom stereocenters. The summed E-state index contributed by atoms with van der Waals surface area (Å²) in [5.41, 5.74) is 5.38. The summed E-state index contributed by atoms with van der Waals surface area (Å²) >= 11 is 7.35. The number of benzene rings is 2. The van der Waals surface area contributed by atoms with Gasteiger partial charge in [0, 0.05) is 16.6 Å². The highest BCUT2D eigenvalue weighted by Gasteiger charge is 2.13. The van der Waals surface area contributed by atoms with Gasteiger partial charge in [-0.3, -0.25) is 10.4 Å². The molecule has 2 aromatic heterocycles. The molecule has 6 nitrogen and oxygen atoms in total. The van der Waals surface area contributed by atoms with E-state index in [0.717, 1.165) is 22.2 Å². The average Bonchev–Trinajstić information content (AvgIpc) is 3.29. The third-order valence-corrected chi connectivity index (χ3v) is 5.30. The van der Waals surface area contributed by atoms with E-state index in [4.69, 9.17) is 21.1 Å². The number of hydrazone groups is 1. The topological polar surface area (TPSA) is 72.8 Å². The van der Waals surface area contributed by atoms with Gasteiger partial charge in [-0.05, 0) is 59.5 Å². The predicted molar refractivity (Wildman–Crippen MR) is 120 cm³/mol. The van der Waals surface area contributed by atoms with Crippen molar-refractivity contribution in [2.75, 3.05) is 12.5 Å². The Bertz CT molecular complexity index is 1230. The molecule has 0 radical (unpaired) electrons. The van der Waals surface area contributed by atoms with E-state index < -0.39 is 5.97 Å². The van der Waals surface area contributed by atoms with Crippen molar-refractivity contribution in [3.63, 3.8) is 0 Å². The van der Waals surface area contributed by atoms with Crippen LogP contribution in [0.4, 0.5) is 5.69 Å². The highest BCUT2D eigenvalue weighted by molar-refractivity contribution is 7.12. The summed E-state index contributed by atoms with van der Waals surface area (Å²) < 4.78 is 10.8. The lowest BCUT2D eigenvalue weighted by Crippen LogP contribution is -2.07. The first-order chi connectivity index (χ1) is 14.6. The number of hydrogen-bond acceptors (Lipinski definition) is 7. The first-order valence-electron chi connectivity index (χ1n) is 8.91. The smallest absolute Gasteiger partial charge is 0.353 e. The zero-order valence-electron chi connectivity index (χ0n) is 15.8. The van der Waals surface area contributed by atoms with Crippen molar-refractivity contribution in [2.24, 2.45) is 5.10 Å². The van der Waals surface area contributed by atoms with Crippen LogP contribution in [0.15, 0.2) is 71.3 Å². The van der Waals surface area contributed by atoms with Gasteiger partial charge in [0.15, 0.2) is 11.5 Å². The van der Waals surface area contributed by atoms with Crippen molar-refractivity contribution in [3.8, 4) is 11.5 Å². The molecule has 1 N–H and O–H groups in total. The Balaban J connectivity index is 1.50. The van der Waals surface area contributed by atoms with Crippen molar-refractivity contribution in [3.05, 3.63) is 81.6 Å². The number of carbonyl (C=O) groups is 1. The molecule has 8 heteroatoms. The van der Waals surface area contributed by atoms with Crippen LogP contribution in [0.5, 0.6) is 11.5 Å². The van der Waals surface area contributed by atoms with Gasteiger partial charge in [0.25, 0.3) is 0 Å². The van der Waals surface area contributed by atoms with Crippen LogP contribution in [-0.2, 0) is 0 Å². The molecule has 0 atom stereocenters. The van der Waals surface area contributed by atoms with Crippen LogP contribution in [0.3, 0.4) is 0 Å². The second kappa shape index (κ2) is 8.94. The summed E-state index contributed by atoms with van der Waals surface area (Å²) in [6.45, 7) is 0. The minimum absolute atomic E-state index is 0.345. The maximum Gasteiger partial charge on any atom is 0.353 e. The van der Waals surface area contributed by atoms with Gasteiger partial charge in [0.1, 0.15) is 4.88 Å². The number of methoxy groups -OCH3 is 1. The van der Waals surface area contributed by atoms with E-state index in [9.17, 15) is 4.79 Å². The number of halogens is 1. The number of nitrogens with one attached hydrogen (secondary N) is 1. The Hall–Kier alpha value is -3.42. The van der Waals surface area contributed by atoms with Crippen LogP contribution < -0.4 is 14.9 Å². The number of hydrogen-bond donors (Lipinski definition) is 1. The Morgan fingerprint density at radius 2 is 2.07 bits per heavy atom. The van der Waals surface area contributed by atoms with Gasteiger partial charge < -0.3 is 9.47 Å². The summed E-state index contributed by atoms with van der Waals surface area (Å²) in [6.07, 6.45) is 3.34. The van der Waals surface area contributed by atoms with E-state index in [1.165, 1.54) is 18.4 Å². The number of pyridine rings is 1. The van der Waals surface area contributed by atoms with Gasteiger partial charge in [0.05, 0.1) is 24.5 Å². The predicted octanol–water partition coefficient (Wildman–Crippen LogP) is 5.62. The third-order valence-electron chi connectivity index (χ3n) is 4.22. The lowest BCUT2D eigenvalue weighted by atomic mass is 10.2. The molecule has 30 heavy (non-hydrogen) atoms. The number of ether oxygens (including phenoxy) is 2. The van der Waals surface area contributed by atoms with Crippen molar-refractivity contribution in [1.29, 1.82) is 0 Å². The van der Waals surface area contributed by atoms with Crippen molar-refractivity contribution < 1.29 is 14.3 Å². The lowest BCUT2D eigenvalue weighted by Gasteiger charge is -2.09. The maximum absolute atomic E-state index is 12.2. The molecular weight excluding hydrogens is 422 g/mol. The van der Waals surface area contributed by atoms with Crippen LogP contribution in [-0.4, -0.2) is 24.3 Å². The molecule has 0 bridgehead atoms. The number of carbonyl (C=O) groups excluding carboxylic acids is 1. The molecule has 4 aromatic rings. The van der Waals surface area contributed by atoms with E-state index >= 15 is 0 Å². The molecule has 0 aliphatic carbocycles. The number of aromatic nitrogens is 1. The van der Waals surface area contributed by atoms with Crippen LogP contribution >= 0.6 is 22.9 Å². The Morgan fingerprint density at radius 3 is 2.87 bits per heavy atom. The van der Waals surface area contributed by atoms with Crippen LogP contribution in [0.2, 0.25) is 5.02 Å². The largest absolute Gasteiger partial charge is 0.493 e. The Morgan fingerprint density at radius 1 is 1.17 bits per heavy atom. The SMILES string of the molecule is COc1cc(/C=N\Nc2ccnc3cc(Cl)ccc23)ccc1OC(=O)c1cccs1. The van der Waals surface area contributed by atoms with Crippen LogP contribution in [0.1, 0.15) is 15.2 Å². The molecule has 0 saturated heterocycles. The van der Waals surface area contributed by atoms with Crippen molar-refractivity contribution in [1.82, 2.24) is 4.98 Å². The number of fused-ring (bicyclic) bond motifs is 1. The van der Waals surface area contributed by atoms with Gasteiger partial charge in [0.2, 0.25) is 0 Å². The van der Waals surface area contributed by atoms with Crippen molar-refractivity contribution in [2.45, 2.75) is 0 Å². The minimum Gasteiger partial charge on any atom is -0.493 e. The molecule has 2 heterocycles. The van der Waals surface area contributed by atoms with Crippen molar-refractivity contribution >= 4 is 51.7 Å². The number of nitrogens with zero attached hydrogens (tertiary/aromatic N) is 2. The van der Waals surface area contributed by atoms with E-state index in [-0.39, 0.29) is 0 Å². The standard InChI is InChI=1S/C22H16ClN3O3S/c1-28-20-11-14(4-7-19(20)29-22(27)21-3-2-10-30-21)13-25-26-17-8-9-24-18-12-15(23)5-6-16(17)18/h2-13H,1H3,(H,24,26)/b25-13-. The molecule has 0 aliphatic heterocycles. The second-order valence-corrected chi connectivity index (χ2v) is 7.55. The lowest BCUT2D eigenvalue weighted by molar-refractivity contribution is 0.0735. The molecule has 0 spiro atoms. The number of thiophene rings is 1. The zero-order chi connectivity index (χ0) is 20.9. The first-order valence-corrected chi connectivity index (χ1v) is 10.2. The Kier molecular flexibility index (Phi) is 5.92. The number of rotatable bonds is 6. The van der Waals surface area contributed by atoms with E-state index in [1.54, 1.807) is 48.8 Å². The molecule has 0 saturated carbocycles. The molecule has 0 amide bonds. The molecular formula is C22H16ClN3O3S. The van der Waals surface area contributed by atoms with Gasteiger partial charge in [-0.15, -0.1) is 11.3 Å². The Labute approximate surface area is 181 Å². The number of anilines is 1. The summed E-state index contributed by atoms with van der Waals surface area (Å²) in [5.74, 6) is 0.363. The fraction of sp³-hybridized carbons (Fsp3) is 0.0455. The van der Waals surface area contributed by atoms with Crippen LogP contribution in [0.25, 0.3) is 10.9 Å². The molecule has 2 aromatic carbocycles. The summed E-state index contributed by atoms with van der Waals surface area (Å²) in [7, 11) is 1.52. The van der Waals surface area contributed by atoms with Gasteiger partial charge in [-0.2, -0.15) is 5.10 Å². The maximum atomic E-state index is 12.2. The monoisotopic (exact) mass is 437 g/mol. The van der Waals surface area contributed by atoms with E-state index in [2.05, 4.69) is 15.5 Å². The normalized spacial score (nSPS) is 11.0. The molecule has 150 valence electrons. The fourth-order valence-corrected chi connectivity index (χ4v) is 3.55. The average molecular weight is 438 g/mol. The summed E-state index contributed by atoms with van der Waals surface area (Å²) in [4.78, 5) is 17.0. The molecule has 0 fully saturated rings. The summed E-state index contributed by atoms with van der Waals surface area (Å²) in [6, 6.07) is 16.0. The van der Waals surface area contributed by atoms with E-state index in [1.807, 2.05) is 23.6 Å². The highest BCUT2D eigenvalue weighted by atomic mass is 35.5. The second-order valence-electron chi connectivity index (χ2n) is 6.17. The quantitative estimate of drug-likeness (QED) is 0.183.